The van der Waals surface area contributed by atoms with Gasteiger partial charge in [0.05, 0.1) is 18.7 Å². The zero-order valence-electron chi connectivity index (χ0n) is 23.3. The van der Waals surface area contributed by atoms with Gasteiger partial charge in [-0.1, -0.05) is 48.6 Å². The van der Waals surface area contributed by atoms with Crippen LogP contribution in [0.1, 0.15) is 48.1 Å². The molecule has 0 bridgehead atoms. The molecule has 0 spiro atoms. The summed E-state index contributed by atoms with van der Waals surface area (Å²) in [5.74, 6) is -3.13. The second kappa shape index (κ2) is 14.3. The average molecular weight is 578 g/mol. The number of halogens is 2. The van der Waals surface area contributed by atoms with Crippen LogP contribution in [0.4, 0.5) is 8.78 Å². The third-order valence-electron chi connectivity index (χ3n) is 6.93. The molecule has 4 aromatic rings. The minimum absolute atomic E-state index is 0.0521. The maximum Gasteiger partial charge on any atom is 0.323 e. The number of ether oxygens (including phenoxy) is 2. The molecule has 0 aliphatic carbocycles. The number of aryl methyl sites for hydroxylation is 1. The van der Waals surface area contributed by atoms with Crippen LogP contribution in [-0.4, -0.2) is 39.9 Å². The molecule has 0 aliphatic rings. The van der Waals surface area contributed by atoms with E-state index in [9.17, 15) is 23.5 Å². The van der Waals surface area contributed by atoms with E-state index in [0.29, 0.717) is 38.0 Å². The number of para-hydroxylation sites is 1. The Kier molecular flexibility index (Phi) is 10.3. The molecule has 0 saturated heterocycles. The number of carboxylic acid groups (broad SMARTS) is 2. The fourth-order valence-corrected chi connectivity index (χ4v) is 4.86. The van der Waals surface area contributed by atoms with E-state index in [-0.39, 0.29) is 25.3 Å². The molecule has 220 valence electrons. The molecule has 0 aliphatic heterocycles. The van der Waals surface area contributed by atoms with E-state index in [0.717, 1.165) is 39.4 Å². The molecule has 3 aromatic carbocycles. The van der Waals surface area contributed by atoms with Crippen molar-refractivity contribution in [1.82, 2.24) is 4.57 Å². The number of carbonyl (C=O) groups is 2. The van der Waals surface area contributed by atoms with Crippen LogP contribution in [0.15, 0.2) is 60.7 Å². The largest absolute Gasteiger partial charge is 0.494 e. The third-order valence-corrected chi connectivity index (χ3v) is 6.93. The van der Waals surface area contributed by atoms with Crippen molar-refractivity contribution in [2.75, 3.05) is 13.2 Å². The number of carboxylic acids is 2. The number of aromatic nitrogens is 1. The molecule has 7 nitrogen and oxygen atoms in total. The maximum atomic E-state index is 13.6. The first kappa shape index (κ1) is 30.3. The van der Waals surface area contributed by atoms with Gasteiger partial charge in [0.25, 0.3) is 0 Å². The van der Waals surface area contributed by atoms with Gasteiger partial charge >= 0.3 is 11.9 Å². The molecule has 42 heavy (non-hydrogen) atoms. The Labute approximate surface area is 242 Å². The Hall–Kier alpha value is -4.66. The lowest BCUT2D eigenvalue weighted by molar-refractivity contribution is -0.138. The van der Waals surface area contributed by atoms with Gasteiger partial charge in [0, 0.05) is 17.5 Å². The summed E-state index contributed by atoms with van der Waals surface area (Å²) in [5, 5.41) is 19.5. The lowest BCUT2D eigenvalue weighted by atomic mass is 10.0. The Morgan fingerprint density at radius 3 is 2.29 bits per heavy atom. The zero-order valence-corrected chi connectivity index (χ0v) is 23.3. The quantitative estimate of drug-likeness (QED) is 0.115. The normalized spacial score (nSPS) is 11.3. The summed E-state index contributed by atoms with van der Waals surface area (Å²) in [6.07, 6.45) is 6.25. The molecular formula is C33H33F2NO6. The van der Waals surface area contributed by atoms with Gasteiger partial charge in [-0.3, -0.25) is 9.59 Å². The van der Waals surface area contributed by atoms with Crippen LogP contribution >= 0.6 is 0 Å². The van der Waals surface area contributed by atoms with E-state index in [1.165, 1.54) is 12.1 Å². The summed E-state index contributed by atoms with van der Waals surface area (Å²) in [7, 11) is 0. The first-order chi connectivity index (χ1) is 20.2. The first-order valence-electron chi connectivity index (χ1n) is 13.8. The van der Waals surface area contributed by atoms with Gasteiger partial charge in [-0.15, -0.1) is 0 Å². The number of hydrogen-bond acceptors (Lipinski definition) is 4. The van der Waals surface area contributed by atoms with Crippen LogP contribution in [0.3, 0.4) is 0 Å². The number of rotatable bonds is 15. The summed E-state index contributed by atoms with van der Waals surface area (Å²) in [6.45, 7) is 2.38. The van der Waals surface area contributed by atoms with Gasteiger partial charge in [0.1, 0.15) is 12.3 Å². The fourth-order valence-electron chi connectivity index (χ4n) is 4.86. The second-order valence-electron chi connectivity index (χ2n) is 9.89. The summed E-state index contributed by atoms with van der Waals surface area (Å²) in [5.41, 5.74) is 4.40. The average Bonchev–Trinajstić information content (AvgIpc) is 3.22. The van der Waals surface area contributed by atoms with Crippen molar-refractivity contribution in [1.29, 1.82) is 0 Å². The monoisotopic (exact) mass is 577 g/mol. The zero-order chi connectivity index (χ0) is 30.1. The minimum Gasteiger partial charge on any atom is -0.494 e. The number of benzene rings is 3. The van der Waals surface area contributed by atoms with Gasteiger partial charge in [0.2, 0.25) is 5.82 Å². The highest BCUT2D eigenvalue weighted by atomic mass is 19.2. The van der Waals surface area contributed by atoms with Gasteiger partial charge in [-0.05, 0) is 73.6 Å². The number of aliphatic carboxylic acids is 2. The van der Waals surface area contributed by atoms with Crippen LogP contribution in [0.2, 0.25) is 0 Å². The topological polar surface area (TPSA) is 98.0 Å². The lowest BCUT2D eigenvalue weighted by Crippen LogP contribution is -2.10. The van der Waals surface area contributed by atoms with E-state index in [1.54, 1.807) is 4.57 Å². The molecule has 9 heteroatoms. The molecule has 0 fully saturated rings. The van der Waals surface area contributed by atoms with E-state index in [4.69, 9.17) is 14.6 Å². The van der Waals surface area contributed by atoms with Crippen LogP contribution < -0.4 is 9.47 Å². The van der Waals surface area contributed by atoms with Gasteiger partial charge in [0.15, 0.2) is 11.6 Å². The van der Waals surface area contributed by atoms with E-state index < -0.39 is 23.6 Å². The van der Waals surface area contributed by atoms with E-state index >= 15 is 0 Å². The Bertz CT molecular complexity index is 1580. The van der Waals surface area contributed by atoms with Crippen molar-refractivity contribution < 1.29 is 38.1 Å². The third kappa shape index (κ3) is 7.75. The molecule has 0 saturated carbocycles. The van der Waals surface area contributed by atoms with Crippen LogP contribution in [-0.2, 0) is 22.6 Å². The van der Waals surface area contributed by atoms with Crippen molar-refractivity contribution in [2.45, 2.75) is 45.6 Å². The van der Waals surface area contributed by atoms with Gasteiger partial charge in [-0.25, -0.2) is 4.39 Å². The van der Waals surface area contributed by atoms with Crippen LogP contribution in [0.25, 0.3) is 23.1 Å². The first-order valence-corrected chi connectivity index (χ1v) is 13.8. The molecular weight excluding hydrogens is 544 g/mol. The highest BCUT2D eigenvalue weighted by Gasteiger charge is 2.18. The number of nitrogens with zero attached hydrogens (tertiary/aromatic N) is 1. The predicted molar refractivity (Wildman–Crippen MR) is 157 cm³/mol. The van der Waals surface area contributed by atoms with Gasteiger partial charge < -0.3 is 24.3 Å². The predicted octanol–water partition coefficient (Wildman–Crippen LogP) is 7.13. The fraction of sp³-hybridized carbons (Fsp3) is 0.273. The van der Waals surface area contributed by atoms with Crippen molar-refractivity contribution in [2.24, 2.45) is 0 Å². The van der Waals surface area contributed by atoms with Crippen molar-refractivity contribution in [3.63, 3.8) is 0 Å². The van der Waals surface area contributed by atoms with Gasteiger partial charge in [-0.2, -0.15) is 4.39 Å². The van der Waals surface area contributed by atoms with Crippen molar-refractivity contribution in [3.8, 4) is 11.5 Å². The Morgan fingerprint density at radius 2 is 1.57 bits per heavy atom. The van der Waals surface area contributed by atoms with Crippen molar-refractivity contribution >= 4 is 35.0 Å². The summed E-state index contributed by atoms with van der Waals surface area (Å²) < 4.78 is 39.7. The van der Waals surface area contributed by atoms with Crippen LogP contribution in [0.5, 0.6) is 11.5 Å². The Morgan fingerprint density at radius 1 is 0.857 bits per heavy atom. The summed E-state index contributed by atoms with van der Waals surface area (Å²) in [6, 6.07) is 17.2. The smallest absolute Gasteiger partial charge is 0.323 e. The molecule has 4 rings (SSSR count). The second-order valence-corrected chi connectivity index (χ2v) is 9.89. The molecule has 0 amide bonds. The molecule has 1 aromatic heterocycles. The number of hydrogen-bond donors (Lipinski definition) is 2. The van der Waals surface area contributed by atoms with Crippen molar-refractivity contribution in [3.05, 3.63) is 94.7 Å². The van der Waals surface area contributed by atoms with E-state index in [2.05, 4.69) is 0 Å². The molecule has 0 radical (unpaired) electrons. The highest BCUT2D eigenvalue weighted by molar-refractivity contribution is 5.95. The molecule has 1 heterocycles. The minimum atomic E-state index is -0.985. The summed E-state index contributed by atoms with van der Waals surface area (Å²) in [4.78, 5) is 22.7. The number of unbranched alkanes of at least 4 members (excludes halogenated alkanes) is 1. The van der Waals surface area contributed by atoms with E-state index in [1.807, 2.05) is 61.5 Å². The lowest BCUT2D eigenvalue weighted by Gasteiger charge is -2.09. The summed E-state index contributed by atoms with van der Waals surface area (Å²) >= 11 is 0. The standard InChI is InChI=1S/C33H33F2NO6/c1-22-26(8-5-12-30(37)38)27-9-4-7-24(33(27)36(22)21-31(39)40)16-13-23-14-17-25(18-15-23)41-19-2-3-20-42-29-11-6-10-28(34)32(29)35/h4,6-7,9-11,13-18H,2-3,5,8,12,19-21H2,1H3,(H,37,38)(H,39,40). The van der Waals surface area contributed by atoms with Crippen LogP contribution in [0, 0.1) is 18.6 Å². The molecule has 0 unspecified atom stereocenters. The maximum absolute atomic E-state index is 13.6. The molecule has 2 N–H and O–H groups in total. The SMILES string of the molecule is Cc1c(CCCC(=O)O)c2cccc(C=Cc3ccc(OCCCCOc4cccc(F)c4F)cc3)c2n1CC(=O)O. The Balaban J connectivity index is 1.37. The number of fused-ring (bicyclic) bond motifs is 1. The molecule has 0 atom stereocenters. The highest BCUT2D eigenvalue weighted by Crippen LogP contribution is 2.31.